The zero-order chi connectivity index (χ0) is 14.7. The quantitative estimate of drug-likeness (QED) is 0.470. The van der Waals surface area contributed by atoms with Gasteiger partial charge in [0.1, 0.15) is 11.5 Å². The molecule has 1 heterocycles. The van der Waals surface area contributed by atoms with E-state index in [1.54, 1.807) is 0 Å². The van der Waals surface area contributed by atoms with Crippen LogP contribution >= 0.6 is 0 Å². The SMILES string of the molecule is CC(=O)/C(C(C=O)=C(C)C)=C(\C)c1cc(C)oc1C. The van der Waals surface area contributed by atoms with Gasteiger partial charge in [-0.25, -0.2) is 0 Å². The molecule has 0 aliphatic carbocycles. The van der Waals surface area contributed by atoms with Crippen LogP contribution in [0, 0.1) is 13.8 Å². The highest BCUT2D eigenvalue weighted by Gasteiger charge is 2.18. The predicted molar refractivity (Wildman–Crippen MR) is 75.9 cm³/mol. The van der Waals surface area contributed by atoms with Gasteiger partial charge >= 0.3 is 0 Å². The molecule has 1 aromatic heterocycles. The van der Waals surface area contributed by atoms with Crippen LogP contribution in [0.25, 0.3) is 5.57 Å². The van der Waals surface area contributed by atoms with E-state index in [4.69, 9.17) is 4.42 Å². The van der Waals surface area contributed by atoms with Crippen LogP contribution in [0.1, 0.15) is 44.8 Å². The van der Waals surface area contributed by atoms with Crippen LogP contribution < -0.4 is 0 Å². The maximum absolute atomic E-state index is 11.9. The second-order valence-electron chi connectivity index (χ2n) is 4.91. The third-order valence-electron chi connectivity index (χ3n) is 3.10. The topological polar surface area (TPSA) is 47.3 Å². The zero-order valence-electron chi connectivity index (χ0n) is 12.4. The molecule has 0 atom stereocenters. The number of Topliss-reactive ketones (excluding diaryl/α,β-unsaturated/α-hetero) is 1. The average molecular weight is 260 g/mol. The molecular weight excluding hydrogens is 240 g/mol. The lowest BCUT2D eigenvalue weighted by atomic mass is 9.91. The van der Waals surface area contributed by atoms with Gasteiger partial charge in [0.15, 0.2) is 12.1 Å². The van der Waals surface area contributed by atoms with E-state index in [-0.39, 0.29) is 5.78 Å². The van der Waals surface area contributed by atoms with E-state index in [0.29, 0.717) is 11.1 Å². The molecule has 0 aliphatic heterocycles. The molecule has 19 heavy (non-hydrogen) atoms. The maximum atomic E-state index is 11.9. The van der Waals surface area contributed by atoms with Crippen molar-refractivity contribution in [2.75, 3.05) is 0 Å². The maximum Gasteiger partial charge on any atom is 0.160 e. The lowest BCUT2D eigenvalue weighted by molar-refractivity contribution is -0.114. The largest absolute Gasteiger partial charge is 0.466 e. The number of aryl methyl sites for hydroxylation is 2. The molecular formula is C16H20O3. The van der Waals surface area contributed by atoms with Crippen molar-refractivity contribution in [3.63, 3.8) is 0 Å². The number of allylic oxidation sites excluding steroid dienone is 4. The molecule has 1 rings (SSSR count). The second-order valence-corrected chi connectivity index (χ2v) is 4.91. The monoisotopic (exact) mass is 260 g/mol. The van der Waals surface area contributed by atoms with Crippen LogP contribution in [0.5, 0.6) is 0 Å². The lowest BCUT2D eigenvalue weighted by Gasteiger charge is -2.10. The Hall–Kier alpha value is -1.90. The summed E-state index contributed by atoms with van der Waals surface area (Å²) < 4.78 is 5.49. The number of furan rings is 1. The number of carbonyl (C=O) groups is 2. The van der Waals surface area contributed by atoms with Gasteiger partial charge in [0.25, 0.3) is 0 Å². The smallest absolute Gasteiger partial charge is 0.160 e. The Labute approximate surface area is 114 Å². The molecule has 0 saturated heterocycles. The molecule has 3 nitrogen and oxygen atoms in total. The minimum absolute atomic E-state index is 0.112. The van der Waals surface area contributed by atoms with Gasteiger partial charge in [0.05, 0.1) is 0 Å². The molecule has 0 radical (unpaired) electrons. The van der Waals surface area contributed by atoms with Crippen LogP contribution in [0.3, 0.4) is 0 Å². The van der Waals surface area contributed by atoms with Crippen LogP contribution in [-0.4, -0.2) is 12.1 Å². The van der Waals surface area contributed by atoms with Gasteiger partial charge in [-0.1, -0.05) is 5.57 Å². The number of carbonyl (C=O) groups excluding carboxylic acids is 2. The van der Waals surface area contributed by atoms with Crippen molar-refractivity contribution >= 4 is 17.6 Å². The first-order chi connectivity index (χ1) is 8.79. The first kappa shape index (κ1) is 15.2. The van der Waals surface area contributed by atoms with Gasteiger partial charge in [-0.2, -0.15) is 0 Å². The summed E-state index contributed by atoms with van der Waals surface area (Å²) in [7, 11) is 0. The summed E-state index contributed by atoms with van der Waals surface area (Å²) in [6.07, 6.45) is 0.748. The molecule has 102 valence electrons. The van der Waals surface area contributed by atoms with Crippen molar-refractivity contribution < 1.29 is 14.0 Å². The molecule has 3 heteroatoms. The fraction of sp³-hybridized carbons (Fsp3) is 0.375. The molecule has 0 N–H and O–H groups in total. The molecule has 0 unspecified atom stereocenters. The van der Waals surface area contributed by atoms with Crippen molar-refractivity contribution in [1.29, 1.82) is 0 Å². The van der Waals surface area contributed by atoms with Crippen molar-refractivity contribution in [3.05, 3.63) is 39.9 Å². The highest BCUT2D eigenvalue weighted by atomic mass is 16.3. The lowest BCUT2D eigenvalue weighted by Crippen LogP contribution is -2.06. The van der Waals surface area contributed by atoms with Crippen molar-refractivity contribution in [2.24, 2.45) is 0 Å². The average Bonchev–Trinajstić information content (AvgIpc) is 2.63. The predicted octanol–water partition coefficient (Wildman–Crippen LogP) is 3.79. The first-order valence-electron chi connectivity index (χ1n) is 6.21. The summed E-state index contributed by atoms with van der Waals surface area (Å²) in [5, 5.41) is 0. The molecule has 0 aromatic carbocycles. The van der Waals surface area contributed by atoms with Gasteiger partial charge in [-0.3, -0.25) is 9.59 Å². The summed E-state index contributed by atoms with van der Waals surface area (Å²) >= 11 is 0. The summed E-state index contributed by atoms with van der Waals surface area (Å²) in [6.45, 7) is 10.7. The third kappa shape index (κ3) is 3.11. The van der Waals surface area contributed by atoms with Gasteiger partial charge in [-0.15, -0.1) is 0 Å². The van der Waals surface area contributed by atoms with Gasteiger partial charge < -0.3 is 4.42 Å². The molecule has 0 saturated carbocycles. The molecule has 0 aliphatic rings. The Morgan fingerprint density at radius 2 is 1.74 bits per heavy atom. The fourth-order valence-electron chi connectivity index (χ4n) is 2.22. The van der Waals surface area contributed by atoms with Gasteiger partial charge in [0, 0.05) is 16.7 Å². The van der Waals surface area contributed by atoms with Gasteiger partial charge in [-0.05, 0) is 53.2 Å². The van der Waals surface area contributed by atoms with E-state index >= 15 is 0 Å². The van der Waals surface area contributed by atoms with E-state index in [9.17, 15) is 9.59 Å². The van der Waals surface area contributed by atoms with Crippen LogP contribution in [-0.2, 0) is 9.59 Å². The Bertz CT molecular complexity index is 579. The number of rotatable bonds is 4. The van der Waals surface area contributed by atoms with Gasteiger partial charge in [0.2, 0.25) is 0 Å². The third-order valence-corrected chi connectivity index (χ3v) is 3.10. The van der Waals surface area contributed by atoms with Crippen molar-refractivity contribution in [1.82, 2.24) is 0 Å². The molecule has 0 amide bonds. The number of aldehydes is 1. The van der Waals surface area contributed by atoms with Crippen LogP contribution in [0.2, 0.25) is 0 Å². The van der Waals surface area contributed by atoms with Crippen molar-refractivity contribution in [3.8, 4) is 0 Å². The molecule has 0 fully saturated rings. The van der Waals surface area contributed by atoms with Crippen LogP contribution in [0.4, 0.5) is 0 Å². The summed E-state index contributed by atoms with van der Waals surface area (Å²) in [5.41, 5.74) is 3.42. The number of hydrogen-bond donors (Lipinski definition) is 0. The normalized spacial score (nSPS) is 11.9. The Kier molecular flexibility index (Phi) is 4.65. The molecule has 0 spiro atoms. The fourth-order valence-corrected chi connectivity index (χ4v) is 2.22. The highest BCUT2D eigenvalue weighted by molar-refractivity contribution is 6.11. The number of hydrogen-bond acceptors (Lipinski definition) is 3. The summed E-state index contributed by atoms with van der Waals surface area (Å²) in [6, 6.07) is 1.89. The van der Waals surface area contributed by atoms with Crippen molar-refractivity contribution in [2.45, 2.75) is 41.5 Å². The minimum atomic E-state index is -0.112. The van der Waals surface area contributed by atoms with E-state index in [2.05, 4.69) is 0 Å². The standard InChI is InChI=1S/C16H20O3/c1-9(2)15(8-17)16(12(5)18)11(4)14-7-10(3)19-13(14)6/h7-8H,1-6H3/b16-11-. The van der Waals surface area contributed by atoms with E-state index in [1.165, 1.54) is 6.92 Å². The first-order valence-corrected chi connectivity index (χ1v) is 6.21. The highest BCUT2D eigenvalue weighted by Crippen LogP contribution is 2.29. The summed E-state index contributed by atoms with van der Waals surface area (Å²) in [4.78, 5) is 23.2. The Morgan fingerprint density at radius 3 is 2.05 bits per heavy atom. The molecule has 1 aromatic rings. The molecule has 0 bridgehead atoms. The minimum Gasteiger partial charge on any atom is -0.466 e. The van der Waals surface area contributed by atoms with E-state index < -0.39 is 0 Å². The zero-order valence-corrected chi connectivity index (χ0v) is 12.4. The van der Waals surface area contributed by atoms with Crippen LogP contribution in [0.15, 0.2) is 27.2 Å². The summed E-state index contributed by atoms with van der Waals surface area (Å²) in [5.74, 6) is 1.44. The van der Waals surface area contributed by atoms with E-state index in [0.717, 1.165) is 34.5 Å². The Balaban J connectivity index is 3.60. The Morgan fingerprint density at radius 1 is 1.16 bits per heavy atom. The second kappa shape index (κ2) is 5.83. The van der Waals surface area contributed by atoms with E-state index in [1.807, 2.05) is 40.7 Å². The number of ketones is 1.